The number of rotatable bonds is 11. The first kappa shape index (κ1) is 33.7. The van der Waals surface area contributed by atoms with E-state index >= 15 is 4.39 Å². The molecule has 260 valence electrons. The Balaban J connectivity index is 1.07. The van der Waals surface area contributed by atoms with Crippen molar-refractivity contribution in [3.05, 3.63) is 119 Å². The molecule has 0 aliphatic carbocycles. The Morgan fingerprint density at radius 3 is 2.47 bits per heavy atom. The predicted molar refractivity (Wildman–Crippen MR) is 195 cm³/mol. The van der Waals surface area contributed by atoms with E-state index in [0.29, 0.717) is 51.5 Å². The van der Waals surface area contributed by atoms with E-state index in [2.05, 4.69) is 27.1 Å². The monoisotopic (exact) mass is 687 g/mol. The maximum atomic E-state index is 15.5. The number of aromatic nitrogens is 3. The molecule has 1 aliphatic heterocycles. The number of likely N-dealkylation sites (tertiary alicyclic amines) is 1. The first-order chi connectivity index (χ1) is 24.9. The zero-order chi connectivity index (χ0) is 35.3. The minimum Gasteiger partial charge on any atom is -0.493 e. The molecule has 0 atom stereocenters. The summed E-state index contributed by atoms with van der Waals surface area (Å²) in [6.07, 6.45) is 4.95. The number of pyridine rings is 1. The van der Waals surface area contributed by atoms with Crippen molar-refractivity contribution in [2.45, 2.75) is 26.2 Å². The normalized spacial score (nSPS) is 13.7. The topological polar surface area (TPSA) is 108 Å². The number of piperidine rings is 1. The van der Waals surface area contributed by atoms with E-state index in [4.69, 9.17) is 14.2 Å². The van der Waals surface area contributed by atoms with Gasteiger partial charge in [0.1, 0.15) is 5.75 Å². The van der Waals surface area contributed by atoms with Crippen molar-refractivity contribution in [2.75, 3.05) is 38.7 Å². The van der Waals surface area contributed by atoms with E-state index in [-0.39, 0.29) is 17.1 Å². The minimum atomic E-state index is -0.769. The van der Waals surface area contributed by atoms with Crippen LogP contribution in [-0.4, -0.2) is 58.7 Å². The molecule has 0 radical (unpaired) electrons. The van der Waals surface area contributed by atoms with Crippen molar-refractivity contribution in [2.24, 2.45) is 5.92 Å². The van der Waals surface area contributed by atoms with Gasteiger partial charge < -0.3 is 24.4 Å². The summed E-state index contributed by atoms with van der Waals surface area (Å²) in [5.74, 6) is 0.690. The van der Waals surface area contributed by atoms with Crippen LogP contribution < -0.4 is 25.1 Å². The van der Waals surface area contributed by atoms with E-state index in [1.54, 1.807) is 80.0 Å². The zero-order valence-corrected chi connectivity index (χ0v) is 28.5. The van der Waals surface area contributed by atoms with Crippen LogP contribution in [0.3, 0.4) is 0 Å². The summed E-state index contributed by atoms with van der Waals surface area (Å²) in [5.41, 5.74) is 1.41. The molecule has 51 heavy (non-hydrogen) atoms. The maximum Gasteiger partial charge on any atom is 0.287 e. The molecule has 1 saturated heterocycles. The second-order valence-corrected chi connectivity index (χ2v) is 12.7. The number of benzene rings is 4. The van der Waals surface area contributed by atoms with Gasteiger partial charge in [0.2, 0.25) is 0 Å². The Morgan fingerprint density at radius 2 is 1.69 bits per heavy atom. The molecule has 4 aromatic carbocycles. The van der Waals surface area contributed by atoms with Crippen LogP contribution >= 0.6 is 0 Å². The van der Waals surface area contributed by atoms with Crippen LogP contribution in [0.1, 0.15) is 36.7 Å². The van der Waals surface area contributed by atoms with Crippen LogP contribution in [0.5, 0.6) is 23.0 Å². The van der Waals surface area contributed by atoms with Crippen molar-refractivity contribution in [1.82, 2.24) is 19.4 Å². The molecule has 0 spiro atoms. The highest BCUT2D eigenvalue weighted by atomic mass is 19.1. The Bertz CT molecular complexity index is 2250. The SMILES string of the molecule is COc1cc2c(Oc3ccc(NC(=O)c4nc5ccccc5n(-c5ccccc5)c4=O)cc3F)ccnc2cc1OCCCN1CCC(C)CC1. The Labute approximate surface area is 294 Å². The number of hydrogen-bond donors (Lipinski definition) is 1. The number of nitrogens with one attached hydrogen (secondary N) is 1. The first-order valence-corrected chi connectivity index (χ1v) is 17.1. The number of carbonyl (C=O) groups excluding carboxylic acids is 1. The van der Waals surface area contributed by atoms with Gasteiger partial charge in [-0.1, -0.05) is 37.3 Å². The Hall–Kier alpha value is -5.81. The Kier molecular flexibility index (Phi) is 9.89. The van der Waals surface area contributed by atoms with Gasteiger partial charge in [0.05, 0.1) is 30.3 Å². The van der Waals surface area contributed by atoms with Gasteiger partial charge in [0.25, 0.3) is 11.5 Å². The summed E-state index contributed by atoms with van der Waals surface area (Å²) in [4.78, 5) is 38.3. The molecule has 3 heterocycles. The molecule has 2 aromatic heterocycles. The summed E-state index contributed by atoms with van der Waals surface area (Å²) < 4.78 is 34.7. The van der Waals surface area contributed by atoms with E-state index in [1.165, 1.54) is 29.5 Å². The number of nitrogens with zero attached hydrogens (tertiary/aromatic N) is 4. The third-order valence-electron chi connectivity index (χ3n) is 9.14. The first-order valence-electron chi connectivity index (χ1n) is 17.1. The van der Waals surface area contributed by atoms with Gasteiger partial charge in [-0.25, -0.2) is 9.37 Å². The summed E-state index contributed by atoms with van der Waals surface area (Å²) >= 11 is 0. The van der Waals surface area contributed by atoms with E-state index in [9.17, 15) is 9.59 Å². The molecule has 0 saturated carbocycles. The van der Waals surface area contributed by atoms with Crippen molar-refractivity contribution in [1.29, 1.82) is 0 Å². The molecule has 1 fully saturated rings. The molecular formula is C40H38FN5O5. The fourth-order valence-electron chi connectivity index (χ4n) is 6.33. The van der Waals surface area contributed by atoms with Gasteiger partial charge in [0.15, 0.2) is 28.8 Å². The largest absolute Gasteiger partial charge is 0.493 e. The van der Waals surface area contributed by atoms with Crippen LogP contribution in [0, 0.1) is 11.7 Å². The van der Waals surface area contributed by atoms with Gasteiger partial charge in [-0.15, -0.1) is 0 Å². The van der Waals surface area contributed by atoms with Gasteiger partial charge in [0, 0.05) is 41.6 Å². The third kappa shape index (κ3) is 7.39. The third-order valence-corrected chi connectivity index (χ3v) is 9.14. The van der Waals surface area contributed by atoms with E-state index < -0.39 is 17.3 Å². The number of halogens is 1. The standard InChI is InChI=1S/C40H38FN5O5/c1-26-16-20-45(21-17-26)19-8-22-50-37-25-32-29(24-36(37)49-2)34(15-18-42-32)51-35-14-13-27(23-30(35)41)43-39(47)38-40(48)46(28-9-4-3-5-10-28)33-12-7-6-11-31(33)44-38/h3-7,9-15,18,23-26H,8,16-17,19-22H2,1-2H3,(H,43,47). The van der Waals surface area contributed by atoms with Crippen molar-refractivity contribution in [3.8, 4) is 28.7 Å². The molecular weight excluding hydrogens is 649 g/mol. The molecule has 0 unspecified atom stereocenters. The van der Waals surface area contributed by atoms with Crippen LogP contribution in [0.2, 0.25) is 0 Å². The maximum absolute atomic E-state index is 15.5. The van der Waals surface area contributed by atoms with Gasteiger partial charge in [-0.2, -0.15) is 0 Å². The molecule has 1 amide bonds. The fraction of sp³-hybridized carbons (Fsp3) is 0.250. The average Bonchev–Trinajstić information content (AvgIpc) is 3.15. The number of anilines is 1. The van der Waals surface area contributed by atoms with Crippen molar-refractivity contribution in [3.63, 3.8) is 0 Å². The fourth-order valence-corrected chi connectivity index (χ4v) is 6.33. The summed E-state index contributed by atoms with van der Waals surface area (Å²) in [7, 11) is 1.57. The lowest BCUT2D eigenvalue weighted by Gasteiger charge is -2.30. The number of ether oxygens (including phenoxy) is 3. The highest BCUT2D eigenvalue weighted by Crippen LogP contribution is 2.38. The van der Waals surface area contributed by atoms with Crippen LogP contribution in [0.4, 0.5) is 10.1 Å². The van der Waals surface area contributed by atoms with Gasteiger partial charge >= 0.3 is 0 Å². The highest BCUT2D eigenvalue weighted by Gasteiger charge is 2.20. The summed E-state index contributed by atoms with van der Waals surface area (Å²) in [6.45, 7) is 6.10. The second kappa shape index (κ2) is 15.0. The number of methoxy groups -OCH3 is 1. The van der Waals surface area contributed by atoms with E-state index in [0.717, 1.165) is 38.0 Å². The zero-order valence-electron chi connectivity index (χ0n) is 28.5. The Morgan fingerprint density at radius 1 is 0.902 bits per heavy atom. The number of carbonyl (C=O) groups is 1. The molecule has 1 N–H and O–H groups in total. The van der Waals surface area contributed by atoms with Gasteiger partial charge in [-0.3, -0.25) is 19.1 Å². The molecule has 1 aliphatic rings. The molecule has 0 bridgehead atoms. The summed E-state index contributed by atoms with van der Waals surface area (Å²) in [5, 5.41) is 3.22. The molecule has 6 aromatic rings. The number of amides is 1. The van der Waals surface area contributed by atoms with Crippen LogP contribution in [0.25, 0.3) is 27.6 Å². The number of para-hydroxylation sites is 3. The quantitative estimate of drug-likeness (QED) is 0.139. The number of hydrogen-bond acceptors (Lipinski definition) is 8. The van der Waals surface area contributed by atoms with Crippen LogP contribution in [0.15, 0.2) is 102 Å². The molecule has 11 heteroatoms. The summed E-state index contributed by atoms with van der Waals surface area (Å²) in [6, 6.07) is 25.3. The number of fused-ring (bicyclic) bond motifs is 2. The highest BCUT2D eigenvalue weighted by molar-refractivity contribution is 6.03. The smallest absolute Gasteiger partial charge is 0.287 e. The van der Waals surface area contributed by atoms with Crippen LogP contribution in [-0.2, 0) is 0 Å². The lowest BCUT2D eigenvalue weighted by atomic mass is 9.99. The van der Waals surface area contributed by atoms with Gasteiger partial charge in [-0.05, 0) is 86.8 Å². The van der Waals surface area contributed by atoms with Crippen molar-refractivity contribution < 1.29 is 23.4 Å². The lowest BCUT2D eigenvalue weighted by molar-refractivity contribution is 0.102. The van der Waals surface area contributed by atoms with Crippen molar-refractivity contribution >= 4 is 33.5 Å². The lowest BCUT2D eigenvalue weighted by Crippen LogP contribution is -2.34. The molecule has 7 rings (SSSR count). The van der Waals surface area contributed by atoms with E-state index in [1.807, 2.05) is 6.07 Å². The predicted octanol–water partition coefficient (Wildman–Crippen LogP) is 7.63. The molecule has 10 nitrogen and oxygen atoms in total. The minimum absolute atomic E-state index is 0.0674. The second-order valence-electron chi connectivity index (χ2n) is 12.7. The average molecular weight is 688 g/mol.